The molecule has 0 unspecified atom stereocenters. The van der Waals surface area contributed by atoms with Crippen LogP contribution < -0.4 is 5.32 Å². The van der Waals surface area contributed by atoms with Crippen molar-refractivity contribution < 1.29 is 26.7 Å². The Kier molecular flexibility index (Phi) is 4.68. The first-order valence-corrected chi connectivity index (χ1v) is 7.52. The maximum Gasteiger partial charge on any atom is 0.417 e. The molecule has 27 heavy (non-hydrogen) atoms. The fourth-order valence-electron chi connectivity index (χ4n) is 2.52. The summed E-state index contributed by atoms with van der Waals surface area (Å²) in [6, 6.07) is 5.87. The van der Waals surface area contributed by atoms with E-state index in [1.54, 1.807) is 0 Å². The zero-order chi connectivity index (χ0) is 19.8. The van der Waals surface area contributed by atoms with Gasteiger partial charge in [-0.25, -0.2) is 8.78 Å². The summed E-state index contributed by atoms with van der Waals surface area (Å²) in [4.78, 5) is 12.2. The second-order valence-electron chi connectivity index (χ2n) is 5.53. The second-order valence-corrected chi connectivity index (χ2v) is 5.53. The van der Waals surface area contributed by atoms with E-state index in [1.807, 2.05) is 0 Å². The van der Waals surface area contributed by atoms with Gasteiger partial charge in [0, 0.05) is 12.6 Å². The van der Waals surface area contributed by atoms with Gasteiger partial charge in [-0.15, -0.1) is 0 Å². The Bertz CT molecular complexity index is 976. The first-order chi connectivity index (χ1) is 12.7. The number of rotatable bonds is 4. The van der Waals surface area contributed by atoms with Crippen LogP contribution in [0.25, 0.3) is 11.3 Å². The first-order valence-electron chi connectivity index (χ1n) is 7.52. The molecule has 0 aliphatic heterocycles. The van der Waals surface area contributed by atoms with Crippen molar-refractivity contribution in [3.63, 3.8) is 0 Å². The summed E-state index contributed by atoms with van der Waals surface area (Å²) in [7, 11) is 1.29. The minimum absolute atomic E-state index is 0.103. The monoisotopic (exact) mass is 385 g/mol. The Morgan fingerprint density at radius 2 is 1.96 bits per heavy atom. The lowest BCUT2D eigenvalue weighted by molar-refractivity contribution is -0.137. The van der Waals surface area contributed by atoms with Crippen LogP contribution in [0.4, 0.5) is 27.6 Å². The van der Waals surface area contributed by atoms with Gasteiger partial charge in [0.2, 0.25) is 0 Å². The molecule has 6 nitrogen and oxygen atoms in total. The number of aromatic amines is 1. The normalized spacial score (nSPS) is 11.8. The van der Waals surface area contributed by atoms with Crippen LogP contribution in [0.3, 0.4) is 0 Å². The highest BCUT2D eigenvalue weighted by Crippen LogP contribution is 2.36. The molecule has 0 saturated heterocycles. The van der Waals surface area contributed by atoms with Crippen molar-refractivity contribution in [2.24, 2.45) is 7.05 Å². The largest absolute Gasteiger partial charge is 0.417 e. The zero-order valence-electron chi connectivity index (χ0n) is 13.7. The van der Waals surface area contributed by atoms with Gasteiger partial charge in [0.05, 0.1) is 23.1 Å². The third-order valence-corrected chi connectivity index (χ3v) is 3.77. The topological polar surface area (TPSA) is 75.6 Å². The van der Waals surface area contributed by atoms with Gasteiger partial charge in [-0.1, -0.05) is 18.2 Å². The van der Waals surface area contributed by atoms with E-state index in [1.165, 1.54) is 25.2 Å². The summed E-state index contributed by atoms with van der Waals surface area (Å²) in [6.45, 7) is 0. The molecule has 142 valence electrons. The number of alkyl halides is 5. The van der Waals surface area contributed by atoms with E-state index in [2.05, 4.69) is 20.6 Å². The van der Waals surface area contributed by atoms with Crippen LogP contribution in [0.2, 0.25) is 0 Å². The summed E-state index contributed by atoms with van der Waals surface area (Å²) >= 11 is 0. The van der Waals surface area contributed by atoms with E-state index >= 15 is 0 Å². The number of carbonyl (C=O) groups is 1. The van der Waals surface area contributed by atoms with Gasteiger partial charge >= 0.3 is 6.18 Å². The highest BCUT2D eigenvalue weighted by atomic mass is 19.4. The number of aryl methyl sites for hydroxylation is 1. The van der Waals surface area contributed by atoms with Crippen molar-refractivity contribution in [2.45, 2.75) is 12.6 Å². The van der Waals surface area contributed by atoms with Gasteiger partial charge in [-0.2, -0.15) is 23.4 Å². The molecule has 0 bridgehead atoms. The van der Waals surface area contributed by atoms with Gasteiger partial charge in [0.1, 0.15) is 11.4 Å². The highest BCUT2D eigenvalue weighted by Gasteiger charge is 2.34. The summed E-state index contributed by atoms with van der Waals surface area (Å²) in [5, 5.41) is 11.9. The maximum atomic E-state index is 13.1. The molecule has 2 aromatic heterocycles. The SMILES string of the molecule is Cn1ncc(NC(=O)c2cc(-c3ccccc3C(F)(F)F)n[nH]2)c1C(F)F. The Morgan fingerprint density at radius 1 is 1.26 bits per heavy atom. The third-order valence-electron chi connectivity index (χ3n) is 3.77. The van der Waals surface area contributed by atoms with E-state index in [0.717, 1.165) is 23.0 Å². The van der Waals surface area contributed by atoms with E-state index in [0.29, 0.717) is 0 Å². The zero-order valence-corrected chi connectivity index (χ0v) is 13.7. The molecule has 0 atom stereocenters. The van der Waals surface area contributed by atoms with Crippen molar-refractivity contribution in [3.8, 4) is 11.3 Å². The van der Waals surface area contributed by atoms with Gasteiger partial charge in [0.15, 0.2) is 0 Å². The molecule has 0 fully saturated rings. The van der Waals surface area contributed by atoms with E-state index < -0.39 is 29.8 Å². The minimum atomic E-state index is -4.60. The number of H-pyrrole nitrogens is 1. The lowest BCUT2D eigenvalue weighted by atomic mass is 10.0. The van der Waals surface area contributed by atoms with Crippen molar-refractivity contribution in [2.75, 3.05) is 5.32 Å². The smallest absolute Gasteiger partial charge is 0.318 e. The van der Waals surface area contributed by atoms with Crippen LogP contribution in [0.15, 0.2) is 36.5 Å². The first kappa shape index (κ1) is 18.5. The molecule has 1 aromatic carbocycles. The lowest BCUT2D eigenvalue weighted by Gasteiger charge is -2.10. The number of benzene rings is 1. The molecule has 0 aliphatic rings. The Morgan fingerprint density at radius 3 is 2.63 bits per heavy atom. The predicted molar refractivity (Wildman–Crippen MR) is 85.1 cm³/mol. The molecular formula is C16H12F5N5O. The van der Waals surface area contributed by atoms with Crippen molar-refractivity contribution >= 4 is 11.6 Å². The van der Waals surface area contributed by atoms with Crippen molar-refractivity contribution in [1.29, 1.82) is 0 Å². The summed E-state index contributed by atoms with van der Waals surface area (Å²) in [5.74, 6) is -0.840. The summed E-state index contributed by atoms with van der Waals surface area (Å²) in [5.41, 5.74) is -2.11. The van der Waals surface area contributed by atoms with E-state index in [9.17, 15) is 26.7 Å². The number of aromatic nitrogens is 4. The van der Waals surface area contributed by atoms with Gasteiger partial charge in [0.25, 0.3) is 12.3 Å². The summed E-state index contributed by atoms with van der Waals surface area (Å²) in [6.07, 6.45) is -6.42. The quantitative estimate of drug-likeness (QED) is 0.666. The molecule has 3 rings (SSSR count). The number of halogens is 5. The third kappa shape index (κ3) is 3.66. The fraction of sp³-hybridized carbons (Fsp3) is 0.188. The average molecular weight is 385 g/mol. The number of carbonyl (C=O) groups excluding carboxylic acids is 1. The Balaban J connectivity index is 1.88. The molecule has 0 radical (unpaired) electrons. The molecule has 0 saturated carbocycles. The molecule has 2 heterocycles. The molecule has 0 spiro atoms. The Labute approximate surface area is 149 Å². The van der Waals surface area contributed by atoms with Crippen LogP contribution in [0, 0.1) is 0 Å². The van der Waals surface area contributed by atoms with Crippen LogP contribution in [-0.4, -0.2) is 25.9 Å². The van der Waals surface area contributed by atoms with Gasteiger partial charge in [-0.05, 0) is 12.1 Å². The second kappa shape index (κ2) is 6.82. The molecule has 0 aliphatic carbocycles. The Hall–Kier alpha value is -3.24. The fourth-order valence-corrected chi connectivity index (χ4v) is 2.52. The van der Waals surface area contributed by atoms with E-state index in [-0.39, 0.29) is 22.6 Å². The lowest BCUT2D eigenvalue weighted by Crippen LogP contribution is -2.14. The predicted octanol–water partition coefficient (Wildman–Crippen LogP) is 4.02. The van der Waals surface area contributed by atoms with Crippen molar-refractivity contribution in [1.82, 2.24) is 20.0 Å². The maximum absolute atomic E-state index is 13.1. The minimum Gasteiger partial charge on any atom is -0.318 e. The number of hydrogen-bond acceptors (Lipinski definition) is 3. The number of nitrogens with zero attached hydrogens (tertiary/aromatic N) is 3. The molecule has 3 aromatic rings. The van der Waals surface area contributed by atoms with Crippen LogP contribution in [0.5, 0.6) is 0 Å². The van der Waals surface area contributed by atoms with Gasteiger partial charge in [-0.3, -0.25) is 14.6 Å². The van der Waals surface area contributed by atoms with Gasteiger partial charge < -0.3 is 5.32 Å². The van der Waals surface area contributed by atoms with Crippen molar-refractivity contribution in [3.05, 3.63) is 53.5 Å². The highest BCUT2D eigenvalue weighted by molar-refractivity contribution is 6.03. The number of amides is 1. The molecule has 1 amide bonds. The standard InChI is InChI=1S/C16H12F5N5O/c1-26-13(14(17)18)12(7-22-26)23-15(27)11-6-10(24-25-11)8-4-2-3-5-9(8)16(19,20)21/h2-7,14H,1H3,(H,23,27)(H,24,25). The summed E-state index contributed by atoms with van der Waals surface area (Å²) < 4.78 is 66.3. The number of anilines is 1. The molecular weight excluding hydrogens is 373 g/mol. The molecule has 2 N–H and O–H groups in total. The van der Waals surface area contributed by atoms with E-state index in [4.69, 9.17) is 0 Å². The van der Waals surface area contributed by atoms with Crippen LogP contribution in [0.1, 0.15) is 28.2 Å². The van der Waals surface area contributed by atoms with Crippen LogP contribution in [-0.2, 0) is 13.2 Å². The number of hydrogen-bond donors (Lipinski definition) is 2. The average Bonchev–Trinajstić information content (AvgIpc) is 3.21. The van der Waals surface area contributed by atoms with Crippen LogP contribution >= 0.6 is 0 Å². The number of nitrogens with one attached hydrogen (secondary N) is 2. The molecule has 11 heteroatoms.